The molecule has 2 amide bonds. The summed E-state index contributed by atoms with van der Waals surface area (Å²) in [5.74, 6) is -0.414. The van der Waals surface area contributed by atoms with Gasteiger partial charge in [-0.3, -0.25) is 14.2 Å². The minimum Gasteiger partial charge on any atom is -0.326 e. The van der Waals surface area contributed by atoms with Crippen LogP contribution in [-0.2, 0) is 9.59 Å². The van der Waals surface area contributed by atoms with Gasteiger partial charge < -0.3 is 10.6 Å². The van der Waals surface area contributed by atoms with Crippen molar-refractivity contribution in [2.45, 2.75) is 16.6 Å². The van der Waals surface area contributed by atoms with E-state index < -0.39 is 5.25 Å². The molecule has 1 aliphatic rings. The van der Waals surface area contributed by atoms with Gasteiger partial charge in [0.05, 0.1) is 22.0 Å². The van der Waals surface area contributed by atoms with E-state index in [1.807, 2.05) is 59.2 Å². The van der Waals surface area contributed by atoms with Gasteiger partial charge in [0.25, 0.3) is 0 Å². The third kappa shape index (κ3) is 4.02. The number of rotatable bonds is 4. The number of halogens is 1. The van der Waals surface area contributed by atoms with Gasteiger partial charge in [0.2, 0.25) is 11.8 Å². The first kappa shape index (κ1) is 19.7. The molecule has 0 aliphatic carbocycles. The lowest BCUT2D eigenvalue weighted by Crippen LogP contribution is -2.32. The average Bonchev–Trinajstić information content (AvgIpc) is 3.19. The largest absolute Gasteiger partial charge is 0.326 e. The van der Waals surface area contributed by atoms with Crippen molar-refractivity contribution in [2.75, 3.05) is 10.6 Å². The molecule has 0 saturated carbocycles. The van der Waals surface area contributed by atoms with E-state index in [0.717, 1.165) is 21.6 Å². The molecule has 0 unspecified atom stereocenters. The molecule has 6 nitrogen and oxygen atoms in total. The zero-order valence-electron chi connectivity index (χ0n) is 16.2. The van der Waals surface area contributed by atoms with Crippen LogP contribution in [0.3, 0.4) is 0 Å². The Kier molecular flexibility index (Phi) is 5.13. The molecule has 1 aromatic heterocycles. The van der Waals surface area contributed by atoms with Crippen molar-refractivity contribution in [3.8, 4) is 5.69 Å². The monoisotopic (exact) mass is 448 g/mol. The lowest BCUT2D eigenvalue weighted by atomic mass is 10.2. The standard InChI is InChI=1S/C23H17ClN4O2S/c24-14-5-10-20-18(11-14)27-23(30)21(31-20)12-22(29)26-15-6-8-16(9-7-15)28-13-25-17-3-1-2-4-19(17)28/h1-11,13,21H,12H2,(H,26,29)(H,27,30)/t21-/m0/s1. The minimum atomic E-state index is -0.495. The molecule has 2 N–H and O–H groups in total. The number of hydrogen-bond acceptors (Lipinski definition) is 4. The molecule has 154 valence electrons. The Morgan fingerprint density at radius 1 is 1.13 bits per heavy atom. The first-order chi connectivity index (χ1) is 15.1. The molecular weight excluding hydrogens is 432 g/mol. The number of imidazole rings is 1. The summed E-state index contributed by atoms with van der Waals surface area (Å²) in [6.45, 7) is 0. The van der Waals surface area contributed by atoms with Gasteiger partial charge >= 0.3 is 0 Å². The molecule has 0 radical (unpaired) electrons. The molecule has 0 spiro atoms. The smallest absolute Gasteiger partial charge is 0.238 e. The number of anilines is 2. The number of thioether (sulfide) groups is 1. The van der Waals surface area contributed by atoms with Crippen molar-refractivity contribution in [3.63, 3.8) is 0 Å². The Hall–Kier alpha value is -3.29. The summed E-state index contributed by atoms with van der Waals surface area (Å²) >= 11 is 7.35. The van der Waals surface area contributed by atoms with Crippen molar-refractivity contribution in [1.82, 2.24) is 9.55 Å². The van der Waals surface area contributed by atoms with E-state index in [1.54, 1.807) is 18.5 Å². The molecule has 0 saturated heterocycles. The lowest BCUT2D eigenvalue weighted by Gasteiger charge is -2.23. The molecule has 31 heavy (non-hydrogen) atoms. The Labute approximate surface area is 187 Å². The maximum Gasteiger partial charge on any atom is 0.238 e. The number of carbonyl (C=O) groups is 2. The van der Waals surface area contributed by atoms with Crippen LogP contribution < -0.4 is 10.6 Å². The Morgan fingerprint density at radius 3 is 2.77 bits per heavy atom. The predicted octanol–water partition coefficient (Wildman–Crippen LogP) is 5.12. The van der Waals surface area contributed by atoms with Crippen molar-refractivity contribution in [3.05, 3.63) is 78.1 Å². The number of nitrogens with zero attached hydrogens (tertiary/aromatic N) is 2. The van der Waals surface area contributed by atoms with Crippen LogP contribution in [0.1, 0.15) is 6.42 Å². The summed E-state index contributed by atoms with van der Waals surface area (Å²) in [5.41, 5.74) is 4.24. The van der Waals surface area contributed by atoms with Crippen LogP contribution in [0.2, 0.25) is 5.02 Å². The number of carbonyl (C=O) groups excluding carboxylic acids is 2. The van der Waals surface area contributed by atoms with Crippen LogP contribution in [-0.4, -0.2) is 26.6 Å². The summed E-state index contributed by atoms with van der Waals surface area (Å²) in [6, 6.07) is 20.8. The van der Waals surface area contributed by atoms with E-state index in [4.69, 9.17) is 11.6 Å². The molecular formula is C23H17ClN4O2S. The summed E-state index contributed by atoms with van der Waals surface area (Å²) < 4.78 is 1.99. The maximum atomic E-state index is 12.5. The van der Waals surface area contributed by atoms with Crippen molar-refractivity contribution >= 4 is 57.6 Å². The van der Waals surface area contributed by atoms with Gasteiger partial charge in [0.15, 0.2) is 0 Å². The fourth-order valence-corrected chi connectivity index (χ4v) is 4.77. The zero-order valence-corrected chi connectivity index (χ0v) is 17.8. The van der Waals surface area contributed by atoms with E-state index >= 15 is 0 Å². The molecule has 1 aliphatic heterocycles. The average molecular weight is 449 g/mol. The fourth-order valence-electron chi connectivity index (χ4n) is 3.51. The number of amides is 2. The summed E-state index contributed by atoms with van der Waals surface area (Å²) in [6.07, 6.45) is 1.86. The van der Waals surface area contributed by atoms with Crippen LogP contribution in [0.5, 0.6) is 0 Å². The first-order valence-corrected chi connectivity index (χ1v) is 10.9. The molecule has 5 rings (SSSR count). The molecule has 0 bridgehead atoms. The van der Waals surface area contributed by atoms with Crippen molar-refractivity contribution in [2.24, 2.45) is 0 Å². The number of nitrogens with one attached hydrogen (secondary N) is 2. The number of hydrogen-bond donors (Lipinski definition) is 2. The number of para-hydroxylation sites is 2. The second-order valence-electron chi connectivity index (χ2n) is 7.14. The maximum absolute atomic E-state index is 12.5. The zero-order chi connectivity index (χ0) is 21.4. The molecule has 4 aromatic rings. The van der Waals surface area contributed by atoms with Gasteiger partial charge in [0, 0.05) is 27.7 Å². The highest BCUT2D eigenvalue weighted by Crippen LogP contribution is 2.38. The normalized spacial score (nSPS) is 15.4. The quantitative estimate of drug-likeness (QED) is 0.454. The first-order valence-electron chi connectivity index (χ1n) is 9.66. The topological polar surface area (TPSA) is 76.0 Å². The van der Waals surface area contributed by atoms with E-state index in [2.05, 4.69) is 15.6 Å². The van der Waals surface area contributed by atoms with Gasteiger partial charge in [0.1, 0.15) is 6.33 Å². The van der Waals surface area contributed by atoms with Crippen LogP contribution >= 0.6 is 23.4 Å². The van der Waals surface area contributed by atoms with Crippen molar-refractivity contribution in [1.29, 1.82) is 0 Å². The molecule has 1 atom stereocenters. The third-order valence-electron chi connectivity index (χ3n) is 5.01. The van der Waals surface area contributed by atoms with Crippen LogP contribution in [0.15, 0.2) is 78.0 Å². The minimum absolute atomic E-state index is 0.0759. The molecule has 2 heterocycles. The van der Waals surface area contributed by atoms with E-state index in [0.29, 0.717) is 16.4 Å². The third-order valence-corrected chi connectivity index (χ3v) is 6.53. The predicted molar refractivity (Wildman–Crippen MR) is 124 cm³/mol. The van der Waals surface area contributed by atoms with E-state index in [-0.39, 0.29) is 18.2 Å². The van der Waals surface area contributed by atoms with Gasteiger partial charge in [-0.15, -0.1) is 11.8 Å². The van der Waals surface area contributed by atoms with Crippen LogP contribution in [0.4, 0.5) is 11.4 Å². The van der Waals surface area contributed by atoms with Gasteiger partial charge in [-0.2, -0.15) is 0 Å². The summed E-state index contributed by atoms with van der Waals surface area (Å²) in [5, 5.41) is 5.76. The van der Waals surface area contributed by atoms with Crippen molar-refractivity contribution < 1.29 is 9.59 Å². The summed E-state index contributed by atoms with van der Waals surface area (Å²) in [4.78, 5) is 30.2. The lowest BCUT2D eigenvalue weighted by molar-refractivity contribution is -0.120. The van der Waals surface area contributed by atoms with Crippen LogP contribution in [0, 0.1) is 0 Å². The highest BCUT2D eigenvalue weighted by molar-refractivity contribution is 8.01. The second-order valence-corrected chi connectivity index (χ2v) is 8.82. The number of benzene rings is 3. The molecule has 0 fully saturated rings. The Balaban J connectivity index is 1.26. The summed E-state index contributed by atoms with van der Waals surface area (Å²) in [7, 11) is 0. The Bertz CT molecular complexity index is 1300. The van der Waals surface area contributed by atoms with Gasteiger partial charge in [-0.1, -0.05) is 23.7 Å². The molecule has 3 aromatic carbocycles. The Morgan fingerprint density at radius 2 is 1.94 bits per heavy atom. The SMILES string of the molecule is O=C(C[C@@H]1Sc2ccc(Cl)cc2NC1=O)Nc1ccc(-n2cnc3ccccc32)cc1. The van der Waals surface area contributed by atoms with Crippen LogP contribution in [0.25, 0.3) is 16.7 Å². The highest BCUT2D eigenvalue weighted by Gasteiger charge is 2.29. The van der Waals surface area contributed by atoms with Gasteiger partial charge in [-0.25, -0.2) is 4.98 Å². The molecule has 8 heteroatoms. The van der Waals surface area contributed by atoms with E-state index in [1.165, 1.54) is 11.8 Å². The second kappa shape index (κ2) is 8.09. The van der Waals surface area contributed by atoms with E-state index in [9.17, 15) is 9.59 Å². The number of aromatic nitrogens is 2. The van der Waals surface area contributed by atoms with Gasteiger partial charge in [-0.05, 0) is 54.6 Å². The highest BCUT2D eigenvalue weighted by atomic mass is 35.5. The fraction of sp³-hybridized carbons (Fsp3) is 0.0870. The number of fused-ring (bicyclic) bond motifs is 2.